The number of hydrazone groups is 1. The molecule has 0 radical (unpaired) electrons. The Labute approximate surface area is 166 Å². The van der Waals surface area contributed by atoms with Gasteiger partial charge < -0.3 is 21.7 Å². The monoisotopic (exact) mass is 391 g/mol. The van der Waals surface area contributed by atoms with Crippen molar-refractivity contribution in [3.05, 3.63) is 40.8 Å². The SMILES string of the molecule is CCCC1CN(C(/N=C(\N)c2ccc(NN=C(C)C)cc2)=C(/N)Cl)CCN1. The van der Waals surface area contributed by atoms with Crippen molar-refractivity contribution < 1.29 is 0 Å². The lowest BCUT2D eigenvalue weighted by atomic mass is 10.1. The molecular weight excluding hydrogens is 362 g/mol. The number of aliphatic imine (C=N–C) groups is 1. The van der Waals surface area contributed by atoms with Gasteiger partial charge in [-0.2, -0.15) is 5.10 Å². The van der Waals surface area contributed by atoms with Crippen molar-refractivity contribution in [2.45, 2.75) is 39.7 Å². The number of nitrogens with one attached hydrogen (secondary N) is 2. The van der Waals surface area contributed by atoms with Gasteiger partial charge in [-0.3, -0.25) is 5.43 Å². The molecule has 0 aromatic heterocycles. The van der Waals surface area contributed by atoms with E-state index in [-0.39, 0.29) is 5.16 Å². The van der Waals surface area contributed by atoms with Crippen molar-refractivity contribution in [1.82, 2.24) is 10.2 Å². The number of rotatable bonds is 7. The third kappa shape index (κ3) is 6.45. The van der Waals surface area contributed by atoms with Gasteiger partial charge in [-0.1, -0.05) is 24.9 Å². The standard InChI is InChI=1S/C19H30ClN7/c1-4-5-16-12-27(11-10-23-16)19(17(20)21)24-18(22)14-6-8-15(9-7-14)26-25-13(2)3/h6-9,16,23,26H,4-5,10-12,21H2,1-3H3,(H2,22,24)/b19-17+. The fraction of sp³-hybridized carbons (Fsp3) is 0.474. The number of piperazine rings is 1. The highest BCUT2D eigenvalue weighted by atomic mass is 35.5. The first-order valence-electron chi connectivity index (χ1n) is 9.25. The van der Waals surface area contributed by atoms with E-state index < -0.39 is 0 Å². The number of anilines is 1. The van der Waals surface area contributed by atoms with Gasteiger partial charge in [0.2, 0.25) is 0 Å². The number of halogens is 1. The van der Waals surface area contributed by atoms with Crippen molar-refractivity contribution in [3.63, 3.8) is 0 Å². The molecule has 1 fully saturated rings. The fourth-order valence-electron chi connectivity index (χ4n) is 2.91. The molecule has 2 rings (SSSR count). The van der Waals surface area contributed by atoms with Gasteiger partial charge in [0.15, 0.2) is 5.82 Å². The van der Waals surface area contributed by atoms with E-state index in [9.17, 15) is 0 Å². The molecule has 0 spiro atoms. The quantitative estimate of drug-likeness (QED) is 0.247. The average molecular weight is 392 g/mol. The molecule has 0 amide bonds. The molecule has 0 aliphatic carbocycles. The first-order valence-corrected chi connectivity index (χ1v) is 9.63. The van der Waals surface area contributed by atoms with Gasteiger partial charge in [0.25, 0.3) is 0 Å². The summed E-state index contributed by atoms with van der Waals surface area (Å²) in [6.45, 7) is 8.50. The highest BCUT2D eigenvalue weighted by Crippen LogP contribution is 2.18. The van der Waals surface area contributed by atoms with Crippen LogP contribution >= 0.6 is 11.6 Å². The third-order valence-electron chi connectivity index (χ3n) is 4.22. The van der Waals surface area contributed by atoms with Gasteiger partial charge in [0, 0.05) is 37.0 Å². The molecular formula is C19H30ClN7. The third-order valence-corrected chi connectivity index (χ3v) is 4.39. The van der Waals surface area contributed by atoms with Crippen molar-refractivity contribution >= 4 is 28.8 Å². The van der Waals surface area contributed by atoms with E-state index in [1.807, 2.05) is 38.1 Å². The Morgan fingerprint density at radius 2 is 2.00 bits per heavy atom. The molecule has 27 heavy (non-hydrogen) atoms. The summed E-state index contributed by atoms with van der Waals surface area (Å²) in [7, 11) is 0. The van der Waals surface area contributed by atoms with Crippen LogP contribution in [0.2, 0.25) is 0 Å². The molecule has 1 unspecified atom stereocenters. The second kappa shape index (κ2) is 10.2. The summed E-state index contributed by atoms with van der Waals surface area (Å²) in [4.78, 5) is 6.63. The molecule has 1 aliphatic rings. The fourth-order valence-corrected chi connectivity index (χ4v) is 3.07. The molecule has 1 saturated heterocycles. The molecule has 0 bridgehead atoms. The summed E-state index contributed by atoms with van der Waals surface area (Å²) >= 11 is 6.14. The summed E-state index contributed by atoms with van der Waals surface area (Å²) in [5, 5.41) is 7.84. The summed E-state index contributed by atoms with van der Waals surface area (Å²) < 4.78 is 0. The lowest BCUT2D eigenvalue weighted by Crippen LogP contribution is -2.50. The minimum atomic E-state index is 0.154. The molecule has 0 saturated carbocycles. The van der Waals surface area contributed by atoms with Crippen LogP contribution < -0.4 is 22.2 Å². The van der Waals surface area contributed by atoms with Crippen molar-refractivity contribution in [2.24, 2.45) is 21.6 Å². The Morgan fingerprint density at radius 3 is 2.59 bits per heavy atom. The zero-order chi connectivity index (χ0) is 19.8. The van der Waals surface area contributed by atoms with E-state index >= 15 is 0 Å². The number of nitrogens with zero attached hydrogens (tertiary/aromatic N) is 3. The highest BCUT2D eigenvalue weighted by Gasteiger charge is 2.22. The van der Waals surface area contributed by atoms with Crippen LogP contribution in [0.25, 0.3) is 0 Å². The Kier molecular flexibility index (Phi) is 7.94. The topological polar surface area (TPSA) is 104 Å². The van der Waals surface area contributed by atoms with Crippen LogP contribution in [-0.4, -0.2) is 42.1 Å². The minimum Gasteiger partial charge on any atom is -0.386 e. The van der Waals surface area contributed by atoms with Crippen molar-refractivity contribution in [2.75, 3.05) is 25.1 Å². The largest absolute Gasteiger partial charge is 0.386 e. The van der Waals surface area contributed by atoms with E-state index in [1.165, 1.54) is 0 Å². The minimum absolute atomic E-state index is 0.154. The van der Waals surface area contributed by atoms with Crippen LogP contribution in [0.3, 0.4) is 0 Å². The Morgan fingerprint density at radius 1 is 1.30 bits per heavy atom. The summed E-state index contributed by atoms with van der Waals surface area (Å²) in [6.07, 6.45) is 2.22. The molecule has 1 aromatic carbocycles. The predicted molar refractivity (Wildman–Crippen MR) is 115 cm³/mol. The zero-order valence-electron chi connectivity index (χ0n) is 16.3. The van der Waals surface area contributed by atoms with E-state index in [0.29, 0.717) is 17.7 Å². The van der Waals surface area contributed by atoms with Crippen LogP contribution in [0, 0.1) is 0 Å². The maximum atomic E-state index is 6.22. The molecule has 1 aliphatic heterocycles. The number of hydrogen-bond acceptors (Lipinski definition) is 6. The molecule has 8 heteroatoms. The predicted octanol–water partition coefficient (Wildman–Crippen LogP) is 2.60. The summed E-state index contributed by atoms with van der Waals surface area (Å²) in [6, 6.07) is 7.99. The Bertz CT molecular complexity index is 699. The molecule has 1 heterocycles. The maximum Gasteiger partial charge on any atom is 0.166 e. The maximum absolute atomic E-state index is 6.22. The number of amidine groups is 1. The zero-order valence-corrected chi connectivity index (χ0v) is 17.1. The average Bonchev–Trinajstić information content (AvgIpc) is 2.65. The molecule has 6 N–H and O–H groups in total. The van der Waals surface area contributed by atoms with E-state index in [1.54, 1.807) is 0 Å². The van der Waals surface area contributed by atoms with E-state index in [2.05, 4.69) is 32.7 Å². The van der Waals surface area contributed by atoms with Gasteiger partial charge in [0.1, 0.15) is 11.0 Å². The van der Waals surface area contributed by atoms with Gasteiger partial charge in [-0.05, 0) is 44.5 Å². The second-order valence-electron chi connectivity index (χ2n) is 6.80. The lowest BCUT2D eigenvalue weighted by Gasteiger charge is -2.35. The normalized spacial score (nSPS) is 18.7. The van der Waals surface area contributed by atoms with E-state index in [4.69, 9.17) is 23.1 Å². The number of hydrogen-bond donors (Lipinski definition) is 4. The molecule has 148 valence electrons. The summed E-state index contributed by atoms with van der Waals surface area (Å²) in [5.41, 5.74) is 17.7. The first kappa shape index (κ1) is 21.1. The molecule has 7 nitrogen and oxygen atoms in total. The van der Waals surface area contributed by atoms with Crippen LogP contribution in [0.4, 0.5) is 5.69 Å². The van der Waals surface area contributed by atoms with Crippen LogP contribution in [0.15, 0.2) is 45.3 Å². The number of nitrogens with two attached hydrogens (primary N) is 2. The number of benzene rings is 1. The van der Waals surface area contributed by atoms with Gasteiger partial charge in [-0.15, -0.1) is 0 Å². The van der Waals surface area contributed by atoms with E-state index in [0.717, 1.165) is 49.4 Å². The lowest BCUT2D eigenvalue weighted by molar-refractivity contribution is 0.235. The van der Waals surface area contributed by atoms with Gasteiger partial charge in [0.05, 0.1) is 5.69 Å². The van der Waals surface area contributed by atoms with Crippen LogP contribution in [0.5, 0.6) is 0 Å². The first-order chi connectivity index (χ1) is 12.9. The van der Waals surface area contributed by atoms with Crippen LogP contribution in [0.1, 0.15) is 39.2 Å². The smallest absolute Gasteiger partial charge is 0.166 e. The van der Waals surface area contributed by atoms with Crippen LogP contribution in [-0.2, 0) is 0 Å². The molecule has 1 atom stereocenters. The van der Waals surface area contributed by atoms with Gasteiger partial charge >= 0.3 is 0 Å². The van der Waals surface area contributed by atoms with Crippen molar-refractivity contribution in [3.8, 4) is 0 Å². The summed E-state index contributed by atoms with van der Waals surface area (Å²) in [5.74, 6) is 0.908. The Balaban J connectivity index is 2.15. The second-order valence-corrected chi connectivity index (χ2v) is 7.21. The van der Waals surface area contributed by atoms with Crippen molar-refractivity contribution in [1.29, 1.82) is 0 Å². The Hall–Kier alpha value is -2.25. The van der Waals surface area contributed by atoms with Gasteiger partial charge in [-0.25, -0.2) is 4.99 Å². The molecule has 1 aromatic rings. The highest BCUT2D eigenvalue weighted by molar-refractivity contribution is 6.29.